The Bertz CT molecular complexity index is 3310. The Morgan fingerprint density at radius 3 is 1.65 bits per heavy atom. The van der Waals surface area contributed by atoms with E-state index in [1.165, 1.54) is 24.5 Å². The fraction of sp³-hybridized carbons (Fsp3) is 0.0244. The van der Waals surface area contributed by atoms with E-state index in [9.17, 15) is 26.8 Å². The summed E-state index contributed by atoms with van der Waals surface area (Å²) in [7, 11) is -3.75. The Morgan fingerprint density at radius 2 is 1.16 bits per heavy atom. The van der Waals surface area contributed by atoms with Crippen LogP contribution in [0.25, 0.3) is 44.6 Å². The summed E-state index contributed by atoms with van der Waals surface area (Å²) in [5.41, 5.74) is 2.58. The fourth-order valence-electron chi connectivity index (χ4n) is 5.91. The van der Waals surface area contributed by atoms with Crippen LogP contribution in [-0.2, 0) is 9.84 Å². The summed E-state index contributed by atoms with van der Waals surface area (Å²) in [6, 6.07) is 26.2. The molecule has 0 atom stereocenters. The lowest BCUT2D eigenvalue weighted by molar-refractivity contribution is 0.101. The molecule has 0 spiro atoms. The van der Waals surface area contributed by atoms with Crippen molar-refractivity contribution in [1.29, 1.82) is 0 Å². The molecule has 2 amide bonds. The second-order valence-electron chi connectivity index (χ2n) is 13.1. The monoisotopic (exact) mass is 906 g/mol. The van der Waals surface area contributed by atoms with Crippen molar-refractivity contribution in [2.24, 2.45) is 0 Å². The van der Waals surface area contributed by atoms with Gasteiger partial charge in [0.05, 0.1) is 22.2 Å². The molecule has 0 aliphatic carbocycles. The van der Waals surface area contributed by atoms with Crippen LogP contribution in [0.15, 0.2) is 121 Å². The minimum absolute atomic E-state index is 0.0188. The third kappa shape index (κ3) is 9.12. The number of amides is 2. The van der Waals surface area contributed by atoms with Gasteiger partial charge in [0.25, 0.3) is 17.0 Å². The van der Waals surface area contributed by atoms with Crippen LogP contribution in [0, 0.1) is 11.6 Å². The van der Waals surface area contributed by atoms with Crippen molar-refractivity contribution < 1.29 is 31.5 Å². The number of anilines is 2. The van der Waals surface area contributed by atoms with E-state index in [1.54, 1.807) is 72.8 Å². The van der Waals surface area contributed by atoms with E-state index >= 15 is 0 Å². The molecule has 0 bridgehead atoms. The largest absolute Gasteiger partial charge is 0.421 e. The van der Waals surface area contributed by atoms with Crippen LogP contribution in [0.2, 0.25) is 10.0 Å². The van der Waals surface area contributed by atoms with Gasteiger partial charge in [0.2, 0.25) is 9.84 Å². The number of aromatic amines is 2. The van der Waals surface area contributed by atoms with Crippen molar-refractivity contribution in [2.45, 2.75) is 5.16 Å². The highest BCUT2D eigenvalue weighted by Gasteiger charge is 2.24. The molecular weight excluding hydrogens is 881 g/mol. The smallest absolute Gasteiger partial charge is 0.326 e. The normalized spacial score (nSPS) is 11.2. The lowest BCUT2D eigenvalue weighted by atomic mass is 10.1. The quantitative estimate of drug-likeness (QED) is 0.100. The van der Waals surface area contributed by atoms with Crippen LogP contribution in [-0.4, -0.2) is 76.8 Å². The number of rotatable bonds is 9. The minimum Gasteiger partial charge on any atom is -0.421 e. The minimum atomic E-state index is -3.75. The van der Waals surface area contributed by atoms with Gasteiger partial charge in [-0.05, 0) is 48.5 Å². The van der Waals surface area contributed by atoms with E-state index in [4.69, 9.17) is 27.9 Å². The summed E-state index contributed by atoms with van der Waals surface area (Å²) in [5.74, 6) is -3.11. The van der Waals surface area contributed by atoms with Gasteiger partial charge in [0.1, 0.15) is 23.0 Å². The highest BCUT2D eigenvalue weighted by Crippen LogP contribution is 2.37. The molecule has 0 aliphatic rings. The summed E-state index contributed by atoms with van der Waals surface area (Å²) >= 11 is 12.6. The topological polar surface area (TPSA) is 236 Å². The Morgan fingerprint density at radius 1 is 0.651 bits per heavy atom. The predicted octanol–water partition coefficient (Wildman–Crippen LogP) is 8.12. The van der Waals surface area contributed by atoms with Crippen LogP contribution >= 0.6 is 23.2 Å². The lowest BCUT2D eigenvalue weighted by Gasteiger charge is -2.10. The van der Waals surface area contributed by atoms with E-state index < -0.39 is 38.4 Å². The first-order valence-corrected chi connectivity index (χ1v) is 20.8. The Labute approximate surface area is 363 Å². The predicted molar refractivity (Wildman–Crippen MR) is 228 cm³/mol. The number of carbonyl (C=O) groups excluding carboxylic acids is 2. The molecule has 0 unspecified atom stereocenters. The van der Waals surface area contributed by atoms with Crippen molar-refractivity contribution in [3.05, 3.63) is 149 Å². The summed E-state index contributed by atoms with van der Waals surface area (Å²) in [6.07, 6.45) is 3.92. The summed E-state index contributed by atoms with van der Waals surface area (Å²) in [6.45, 7) is 0. The van der Waals surface area contributed by atoms with Crippen molar-refractivity contribution in [3.63, 3.8) is 0 Å². The molecular formula is C41H26Cl2F2N12O5S. The maximum absolute atomic E-state index is 14.1. The molecule has 0 saturated carbocycles. The zero-order valence-electron chi connectivity index (χ0n) is 32.0. The Hall–Kier alpha value is -7.81. The van der Waals surface area contributed by atoms with E-state index in [0.717, 1.165) is 18.4 Å². The molecule has 0 fully saturated rings. The summed E-state index contributed by atoms with van der Waals surface area (Å²) in [4.78, 5) is 50.0. The number of benzene rings is 3. The maximum Gasteiger partial charge on any atom is 0.326 e. The molecule has 63 heavy (non-hydrogen) atoms. The number of ether oxygens (including phenoxy) is 1. The van der Waals surface area contributed by atoms with E-state index in [2.05, 4.69) is 60.9 Å². The zero-order chi connectivity index (χ0) is 44.3. The van der Waals surface area contributed by atoms with E-state index in [1.807, 2.05) is 0 Å². The van der Waals surface area contributed by atoms with Gasteiger partial charge >= 0.3 is 6.01 Å². The number of hydrogen-bond acceptors (Lipinski definition) is 13. The molecule has 9 rings (SSSR count). The first-order chi connectivity index (χ1) is 30.3. The first kappa shape index (κ1) is 41.9. The third-order valence-corrected chi connectivity index (χ3v) is 10.3. The number of hydrogen-bond donors (Lipinski definition) is 4. The molecule has 3 aromatic carbocycles. The number of halogens is 4. The number of carbonyl (C=O) groups is 2. The molecule has 0 saturated heterocycles. The molecule has 17 nitrogen and oxygen atoms in total. The first-order valence-electron chi connectivity index (χ1n) is 18.1. The maximum atomic E-state index is 14.1. The Kier molecular flexibility index (Phi) is 11.7. The summed E-state index contributed by atoms with van der Waals surface area (Å²) < 4.78 is 56.8. The molecule has 314 valence electrons. The fourth-order valence-corrected chi connectivity index (χ4v) is 6.88. The number of nitrogens with one attached hydrogen (secondary N) is 4. The van der Waals surface area contributed by atoms with Crippen LogP contribution in [0.4, 0.5) is 20.4 Å². The number of pyridine rings is 2. The van der Waals surface area contributed by atoms with E-state index in [0.29, 0.717) is 49.4 Å². The average molecular weight is 908 g/mol. The molecule has 22 heteroatoms. The van der Waals surface area contributed by atoms with Gasteiger partial charge in [0, 0.05) is 45.9 Å². The SMILES string of the molecule is CS(=O)(=O)c1nc(NC(=O)c2ccccn2)c2c(-c3ccccc3Cl)[nH]nc2n1.O=C(Nc1nc(Oc2ccc(F)cc2F)nc2n[nH]c(-c3ccccc3Cl)c12)c1ccccn1. The molecule has 0 aliphatic heterocycles. The Balaban J connectivity index is 0.000000175. The third-order valence-electron chi connectivity index (χ3n) is 8.76. The van der Waals surface area contributed by atoms with Crippen LogP contribution in [0.3, 0.4) is 0 Å². The number of nitrogens with zero attached hydrogens (tertiary/aromatic N) is 8. The highest BCUT2D eigenvalue weighted by atomic mass is 35.5. The van der Waals surface area contributed by atoms with Crippen LogP contribution < -0.4 is 15.4 Å². The highest BCUT2D eigenvalue weighted by molar-refractivity contribution is 7.90. The van der Waals surface area contributed by atoms with Gasteiger partial charge in [-0.3, -0.25) is 29.8 Å². The van der Waals surface area contributed by atoms with Gasteiger partial charge < -0.3 is 15.4 Å². The van der Waals surface area contributed by atoms with Gasteiger partial charge in [-0.15, -0.1) is 0 Å². The van der Waals surface area contributed by atoms with Crippen LogP contribution in [0.5, 0.6) is 11.8 Å². The number of sulfone groups is 1. The second kappa shape index (κ2) is 17.7. The second-order valence-corrected chi connectivity index (χ2v) is 15.8. The molecule has 9 aromatic rings. The van der Waals surface area contributed by atoms with Gasteiger partial charge in [-0.25, -0.2) is 17.2 Å². The van der Waals surface area contributed by atoms with Gasteiger partial charge in [0.15, 0.2) is 28.7 Å². The molecule has 6 aromatic heterocycles. The van der Waals surface area contributed by atoms with Crippen molar-refractivity contribution >= 4 is 78.6 Å². The molecule has 4 N–H and O–H groups in total. The van der Waals surface area contributed by atoms with Crippen LogP contribution in [0.1, 0.15) is 21.0 Å². The number of H-pyrrole nitrogens is 2. The zero-order valence-corrected chi connectivity index (χ0v) is 34.3. The standard InChI is InChI=1S/C23H13ClF2N6O2.C18H13ClN6O3S/c24-14-6-2-1-5-13(14)19-18-20(28-22(33)16-7-3-4-10-27-16)29-23(30-21(18)32-31-19)34-17-9-8-12(25)11-15(17)26;1-29(27,28)18-22-15(21-17(26)12-8-4-5-9-20-12)13-14(24-25-16(13)23-18)10-6-2-3-7-11(10)19/h1-11H,(H2,28,29,30,31,32,33);2-9H,1H3,(H2,21,22,23,24,25,26). The van der Waals surface area contributed by atoms with Crippen molar-refractivity contribution in [1.82, 2.24) is 50.3 Å². The van der Waals surface area contributed by atoms with E-state index in [-0.39, 0.29) is 46.1 Å². The van der Waals surface area contributed by atoms with Crippen molar-refractivity contribution in [2.75, 3.05) is 16.9 Å². The van der Waals surface area contributed by atoms with Gasteiger partial charge in [-0.1, -0.05) is 71.7 Å². The lowest BCUT2D eigenvalue weighted by Crippen LogP contribution is -2.16. The average Bonchev–Trinajstić information content (AvgIpc) is 3.91. The van der Waals surface area contributed by atoms with Crippen molar-refractivity contribution in [3.8, 4) is 34.3 Å². The van der Waals surface area contributed by atoms with Gasteiger partial charge in [-0.2, -0.15) is 30.1 Å². The number of aromatic nitrogens is 10. The number of fused-ring (bicyclic) bond motifs is 2. The molecule has 0 radical (unpaired) electrons. The summed E-state index contributed by atoms with van der Waals surface area (Å²) in [5, 5.41) is 20.3. The molecule has 6 heterocycles.